The molecule has 1 aliphatic carbocycles. The fraction of sp³-hybridized carbons (Fsp3) is 0.700. The fourth-order valence-electron chi connectivity index (χ4n) is 1.96. The predicted octanol–water partition coefficient (Wildman–Crippen LogP) is 1.67. The maximum Gasteiger partial charge on any atom is 0.0534 e. The summed E-state index contributed by atoms with van der Waals surface area (Å²) in [5.41, 5.74) is 1.23. The van der Waals surface area contributed by atoms with Gasteiger partial charge in [0.2, 0.25) is 0 Å². The van der Waals surface area contributed by atoms with Crippen LogP contribution >= 0.6 is 11.6 Å². The largest absolute Gasteiger partial charge is 0.308 e. The Labute approximate surface area is 89.4 Å². The Balaban J connectivity index is 1.82. The second kappa shape index (κ2) is 4.32. The lowest BCUT2D eigenvalue weighted by Gasteiger charge is -2.14. The lowest BCUT2D eigenvalue weighted by atomic mass is 10.2. The average Bonchev–Trinajstić information content (AvgIpc) is 2.72. The molecule has 0 spiro atoms. The van der Waals surface area contributed by atoms with E-state index in [0.717, 1.165) is 13.0 Å². The first kappa shape index (κ1) is 9.99. The van der Waals surface area contributed by atoms with Crippen molar-refractivity contribution in [2.75, 3.05) is 0 Å². The summed E-state index contributed by atoms with van der Waals surface area (Å²) in [6.45, 7) is 0.877. The van der Waals surface area contributed by atoms with Crippen LogP contribution < -0.4 is 5.32 Å². The van der Waals surface area contributed by atoms with Crippen molar-refractivity contribution in [1.82, 2.24) is 15.1 Å². The van der Waals surface area contributed by atoms with E-state index in [0.29, 0.717) is 11.4 Å². The summed E-state index contributed by atoms with van der Waals surface area (Å²) in [6.07, 6.45) is 7.52. The van der Waals surface area contributed by atoms with Crippen molar-refractivity contribution >= 4 is 11.6 Å². The summed E-state index contributed by atoms with van der Waals surface area (Å²) < 4.78 is 1.82. The number of halogens is 1. The Bertz CT molecular complexity index is 297. The minimum absolute atomic E-state index is 0.312. The SMILES string of the molecule is Cn1cc(CNC2CCCC2Cl)cn1. The van der Waals surface area contributed by atoms with Crippen LogP contribution in [0, 0.1) is 0 Å². The second-order valence-corrected chi connectivity index (χ2v) is 4.52. The van der Waals surface area contributed by atoms with Crippen LogP contribution in [0.2, 0.25) is 0 Å². The Morgan fingerprint density at radius 1 is 1.64 bits per heavy atom. The van der Waals surface area contributed by atoms with Gasteiger partial charge in [0.05, 0.1) is 6.20 Å². The topological polar surface area (TPSA) is 29.9 Å². The molecule has 0 radical (unpaired) electrons. The first-order chi connectivity index (χ1) is 6.75. The number of hydrogen-bond acceptors (Lipinski definition) is 2. The molecule has 1 aromatic heterocycles. The van der Waals surface area contributed by atoms with Crippen molar-refractivity contribution in [1.29, 1.82) is 0 Å². The summed E-state index contributed by atoms with van der Waals surface area (Å²) in [6, 6.07) is 0.483. The van der Waals surface area contributed by atoms with Gasteiger partial charge in [-0.1, -0.05) is 6.42 Å². The zero-order chi connectivity index (χ0) is 9.97. The predicted molar refractivity (Wildman–Crippen MR) is 57.3 cm³/mol. The van der Waals surface area contributed by atoms with E-state index in [1.54, 1.807) is 0 Å². The van der Waals surface area contributed by atoms with Gasteiger partial charge in [0.15, 0.2) is 0 Å². The molecule has 1 aliphatic rings. The van der Waals surface area contributed by atoms with Crippen LogP contribution in [0.25, 0.3) is 0 Å². The summed E-state index contributed by atoms with van der Waals surface area (Å²) in [7, 11) is 1.93. The minimum Gasteiger partial charge on any atom is -0.308 e. The molecule has 2 atom stereocenters. The van der Waals surface area contributed by atoms with Crippen LogP contribution in [-0.4, -0.2) is 21.2 Å². The van der Waals surface area contributed by atoms with Crippen molar-refractivity contribution in [3.05, 3.63) is 18.0 Å². The lowest BCUT2D eigenvalue weighted by Crippen LogP contribution is -2.32. The molecule has 1 heterocycles. The zero-order valence-electron chi connectivity index (χ0n) is 8.41. The molecule has 1 saturated carbocycles. The highest BCUT2D eigenvalue weighted by Crippen LogP contribution is 2.24. The zero-order valence-corrected chi connectivity index (χ0v) is 9.17. The van der Waals surface area contributed by atoms with Gasteiger partial charge in [-0.05, 0) is 12.8 Å². The van der Waals surface area contributed by atoms with Gasteiger partial charge < -0.3 is 5.32 Å². The van der Waals surface area contributed by atoms with E-state index < -0.39 is 0 Å². The molecule has 1 N–H and O–H groups in total. The average molecular weight is 214 g/mol. The van der Waals surface area contributed by atoms with E-state index in [1.807, 2.05) is 24.1 Å². The molecule has 0 saturated heterocycles. The number of nitrogens with zero attached hydrogens (tertiary/aromatic N) is 2. The van der Waals surface area contributed by atoms with Crippen LogP contribution in [0.15, 0.2) is 12.4 Å². The van der Waals surface area contributed by atoms with Gasteiger partial charge in [0.25, 0.3) is 0 Å². The van der Waals surface area contributed by atoms with Crippen molar-refractivity contribution in [3.63, 3.8) is 0 Å². The van der Waals surface area contributed by atoms with Crippen LogP contribution in [0.5, 0.6) is 0 Å². The van der Waals surface area contributed by atoms with Gasteiger partial charge in [-0.25, -0.2) is 0 Å². The van der Waals surface area contributed by atoms with E-state index in [9.17, 15) is 0 Å². The number of aryl methyl sites for hydroxylation is 1. The number of rotatable bonds is 3. The normalized spacial score (nSPS) is 27.0. The van der Waals surface area contributed by atoms with Gasteiger partial charge in [0, 0.05) is 36.8 Å². The quantitative estimate of drug-likeness (QED) is 0.775. The van der Waals surface area contributed by atoms with Crippen LogP contribution in [0.4, 0.5) is 0 Å². The molecular weight excluding hydrogens is 198 g/mol. The number of hydrogen-bond donors (Lipinski definition) is 1. The van der Waals surface area contributed by atoms with Crippen molar-refractivity contribution in [3.8, 4) is 0 Å². The Morgan fingerprint density at radius 2 is 2.50 bits per heavy atom. The Morgan fingerprint density at radius 3 is 3.07 bits per heavy atom. The monoisotopic (exact) mass is 213 g/mol. The van der Waals surface area contributed by atoms with Gasteiger partial charge in [-0.3, -0.25) is 4.68 Å². The van der Waals surface area contributed by atoms with Crippen LogP contribution in [0.1, 0.15) is 24.8 Å². The van der Waals surface area contributed by atoms with E-state index in [4.69, 9.17) is 11.6 Å². The van der Waals surface area contributed by atoms with E-state index in [1.165, 1.54) is 18.4 Å². The molecule has 1 fully saturated rings. The highest BCUT2D eigenvalue weighted by molar-refractivity contribution is 6.21. The molecule has 0 amide bonds. The van der Waals surface area contributed by atoms with E-state index in [2.05, 4.69) is 10.4 Å². The first-order valence-electron chi connectivity index (χ1n) is 5.10. The Kier molecular flexibility index (Phi) is 3.08. The molecule has 1 aromatic rings. The second-order valence-electron chi connectivity index (χ2n) is 3.96. The molecule has 0 bridgehead atoms. The summed E-state index contributed by atoms with van der Waals surface area (Å²) in [5.74, 6) is 0. The molecule has 14 heavy (non-hydrogen) atoms. The molecule has 78 valence electrons. The highest BCUT2D eigenvalue weighted by atomic mass is 35.5. The first-order valence-corrected chi connectivity index (χ1v) is 5.54. The standard InChI is InChI=1S/C10H16ClN3/c1-14-7-8(6-13-14)5-12-10-4-2-3-9(10)11/h6-7,9-10,12H,2-5H2,1H3. The Hall–Kier alpha value is -0.540. The molecule has 4 heteroatoms. The molecule has 2 unspecified atom stereocenters. The van der Waals surface area contributed by atoms with Crippen LogP contribution in [0.3, 0.4) is 0 Å². The van der Waals surface area contributed by atoms with E-state index >= 15 is 0 Å². The van der Waals surface area contributed by atoms with Crippen molar-refractivity contribution in [2.24, 2.45) is 7.05 Å². The molecule has 0 aliphatic heterocycles. The third kappa shape index (κ3) is 2.28. The molecule has 2 rings (SSSR count). The summed E-state index contributed by atoms with van der Waals surface area (Å²) in [4.78, 5) is 0. The van der Waals surface area contributed by atoms with Crippen molar-refractivity contribution in [2.45, 2.75) is 37.2 Å². The maximum absolute atomic E-state index is 6.17. The molecular formula is C10H16ClN3. The fourth-order valence-corrected chi connectivity index (χ4v) is 2.33. The van der Waals surface area contributed by atoms with Gasteiger partial charge in [-0.2, -0.15) is 5.10 Å². The van der Waals surface area contributed by atoms with Gasteiger partial charge in [-0.15, -0.1) is 11.6 Å². The highest BCUT2D eigenvalue weighted by Gasteiger charge is 2.24. The third-order valence-electron chi connectivity index (χ3n) is 2.76. The minimum atomic E-state index is 0.312. The summed E-state index contributed by atoms with van der Waals surface area (Å²) in [5, 5.41) is 7.91. The van der Waals surface area contributed by atoms with Crippen LogP contribution in [-0.2, 0) is 13.6 Å². The number of aromatic nitrogens is 2. The van der Waals surface area contributed by atoms with E-state index in [-0.39, 0.29) is 0 Å². The summed E-state index contributed by atoms with van der Waals surface area (Å²) >= 11 is 6.17. The number of nitrogens with one attached hydrogen (secondary N) is 1. The molecule has 0 aromatic carbocycles. The van der Waals surface area contributed by atoms with Gasteiger partial charge in [0.1, 0.15) is 0 Å². The van der Waals surface area contributed by atoms with Gasteiger partial charge >= 0.3 is 0 Å². The maximum atomic E-state index is 6.17. The smallest absolute Gasteiger partial charge is 0.0534 e. The molecule has 3 nitrogen and oxygen atoms in total. The third-order valence-corrected chi connectivity index (χ3v) is 3.28. The lowest BCUT2D eigenvalue weighted by molar-refractivity contribution is 0.528. The van der Waals surface area contributed by atoms with Crippen molar-refractivity contribution < 1.29 is 0 Å². The number of alkyl halides is 1.